The molecule has 0 saturated carbocycles. The van der Waals surface area contributed by atoms with Crippen LogP contribution >= 0.6 is 0 Å². The predicted molar refractivity (Wildman–Crippen MR) is 67.8 cm³/mol. The van der Waals surface area contributed by atoms with Crippen molar-refractivity contribution in [2.45, 2.75) is 26.4 Å². The number of hydrogen-bond donors (Lipinski definition) is 1. The van der Waals surface area contributed by atoms with Crippen molar-refractivity contribution in [2.24, 2.45) is 7.05 Å². The van der Waals surface area contributed by atoms with E-state index in [9.17, 15) is 5.11 Å². The van der Waals surface area contributed by atoms with E-state index in [0.29, 0.717) is 6.42 Å². The molecule has 0 spiro atoms. The van der Waals surface area contributed by atoms with Gasteiger partial charge in [-0.15, -0.1) is 0 Å². The zero-order chi connectivity index (χ0) is 12.4. The molecule has 0 radical (unpaired) electrons. The highest BCUT2D eigenvalue weighted by Gasteiger charge is 2.14. The van der Waals surface area contributed by atoms with Gasteiger partial charge in [0.05, 0.1) is 11.8 Å². The Balaban J connectivity index is 2.16. The van der Waals surface area contributed by atoms with Gasteiger partial charge in [-0.3, -0.25) is 4.68 Å². The quantitative estimate of drug-likeness (QED) is 0.878. The number of aromatic nitrogens is 2. The number of aryl methyl sites for hydroxylation is 3. The van der Waals surface area contributed by atoms with Crippen molar-refractivity contribution >= 4 is 0 Å². The zero-order valence-corrected chi connectivity index (χ0v) is 10.5. The van der Waals surface area contributed by atoms with Crippen molar-refractivity contribution in [3.05, 3.63) is 52.8 Å². The Labute approximate surface area is 102 Å². The van der Waals surface area contributed by atoms with Crippen LogP contribution in [0.15, 0.2) is 30.5 Å². The molecule has 90 valence electrons. The van der Waals surface area contributed by atoms with E-state index < -0.39 is 6.10 Å². The Morgan fingerprint density at radius 2 is 2.12 bits per heavy atom. The third-order valence-corrected chi connectivity index (χ3v) is 2.92. The Bertz CT molecular complexity index is 517. The van der Waals surface area contributed by atoms with Crippen LogP contribution in [0.3, 0.4) is 0 Å². The average Bonchev–Trinajstić information content (AvgIpc) is 2.58. The predicted octanol–water partition coefficient (Wildman–Crippen LogP) is 2.31. The smallest absolute Gasteiger partial charge is 0.0863 e. The van der Waals surface area contributed by atoms with Crippen LogP contribution in [0, 0.1) is 13.8 Å². The van der Waals surface area contributed by atoms with Crippen LogP contribution in [0.25, 0.3) is 0 Å². The minimum absolute atomic E-state index is 0.481. The summed E-state index contributed by atoms with van der Waals surface area (Å²) in [6.07, 6.45) is 2.04. The maximum atomic E-state index is 10.2. The minimum atomic E-state index is -0.481. The maximum absolute atomic E-state index is 10.2. The first-order valence-corrected chi connectivity index (χ1v) is 5.80. The molecule has 2 rings (SSSR count). The highest BCUT2D eigenvalue weighted by molar-refractivity contribution is 5.26. The van der Waals surface area contributed by atoms with Gasteiger partial charge in [0.25, 0.3) is 0 Å². The topological polar surface area (TPSA) is 38.0 Å². The van der Waals surface area contributed by atoms with Gasteiger partial charge in [-0.25, -0.2) is 0 Å². The van der Waals surface area contributed by atoms with Gasteiger partial charge in [0.15, 0.2) is 0 Å². The van der Waals surface area contributed by atoms with Gasteiger partial charge >= 0.3 is 0 Å². The monoisotopic (exact) mass is 230 g/mol. The Hall–Kier alpha value is -1.61. The van der Waals surface area contributed by atoms with Crippen molar-refractivity contribution < 1.29 is 5.11 Å². The molecule has 1 heterocycles. The molecule has 0 bridgehead atoms. The van der Waals surface area contributed by atoms with Crippen LogP contribution in [0.1, 0.15) is 28.5 Å². The molecule has 0 aliphatic heterocycles. The van der Waals surface area contributed by atoms with Gasteiger partial charge in [-0.2, -0.15) is 5.10 Å². The molecule has 1 atom stereocenters. The summed E-state index contributed by atoms with van der Waals surface area (Å²) in [5.41, 5.74) is 4.18. The van der Waals surface area contributed by atoms with Crippen LogP contribution in [-0.2, 0) is 13.5 Å². The number of aliphatic hydroxyl groups is 1. The van der Waals surface area contributed by atoms with Crippen LogP contribution in [0.5, 0.6) is 0 Å². The lowest BCUT2D eigenvalue weighted by Gasteiger charge is -2.10. The fourth-order valence-corrected chi connectivity index (χ4v) is 2.12. The second-order valence-electron chi connectivity index (χ2n) is 4.55. The summed E-state index contributed by atoms with van der Waals surface area (Å²) in [7, 11) is 1.87. The third-order valence-electron chi connectivity index (χ3n) is 2.92. The van der Waals surface area contributed by atoms with Crippen molar-refractivity contribution in [3.8, 4) is 0 Å². The van der Waals surface area contributed by atoms with E-state index >= 15 is 0 Å². The summed E-state index contributed by atoms with van der Waals surface area (Å²) in [6, 6.07) is 8.23. The number of hydrogen-bond acceptors (Lipinski definition) is 2. The van der Waals surface area contributed by atoms with E-state index in [2.05, 4.69) is 24.2 Å². The molecule has 1 unspecified atom stereocenters. The summed E-state index contributed by atoms with van der Waals surface area (Å²) in [5, 5.41) is 14.5. The Morgan fingerprint density at radius 3 is 2.71 bits per heavy atom. The zero-order valence-electron chi connectivity index (χ0n) is 10.5. The largest absolute Gasteiger partial charge is 0.388 e. The fourth-order valence-electron chi connectivity index (χ4n) is 2.12. The van der Waals surface area contributed by atoms with Gasteiger partial charge in [0.2, 0.25) is 0 Å². The van der Waals surface area contributed by atoms with Gasteiger partial charge in [-0.05, 0) is 19.4 Å². The molecule has 0 fully saturated rings. The Morgan fingerprint density at radius 1 is 1.35 bits per heavy atom. The number of nitrogens with zero attached hydrogens (tertiary/aromatic N) is 2. The maximum Gasteiger partial charge on any atom is 0.0863 e. The SMILES string of the molecule is Cc1cccc(CC(O)c2cn(C)nc2C)c1. The highest BCUT2D eigenvalue weighted by atomic mass is 16.3. The molecular weight excluding hydrogens is 212 g/mol. The van der Waals surface area contributed by atoms with E-state index in [1.807, 2.05) is 32.3 Å². The van der Waals surface area contributed by atoms with Crippen molar-refractivity contribution in [1.82, 2.24) is 9.78 Å². The number of benzene rings is 1. The van der Waals surface area contributed by atoms with Gasteiger partial charge in [-0.1, -0.05) is 29.8 Å². The highest BCUT2D eigenvalue weighted by Crippen LogP contribution is 2.21. The summed E-state index contributed by atoms with van der Waals surface area (Å²) >= 11 is 0. The molecule has 0 amide bonds. The normalized spacial score (nSPS) is 12.7. The van der Waals surface area contributed by atoms with Crippen LogP contribution in [0.4, 0.5) is 0 Å². The van der Waals surface area contributed by atoms with E-state index in [1.54, 1.807) is 4.68 Å². The average molecular weight is 230 g/mol. The minimum Gasteiger partial charge on any atom is -0.388 e. The summed E-state index contributed by atoms with van der Waals surface area (Å²) in [6.45, 7) is 3.99. The lowest BCUT2D eigenvalue weighted by atomic mass is 10.0. The molecule has 1 aromatic heterocycles. The summed E-state index contributed by atoms with van der Waals surface area (Å²) < 4.78 is 1.74. The lowest BCUT2D eigenvalue weighted by molar-refractivity contribution is 0.177. The molecule has 17 heavy (non-hydrogen) atoms. The van der Waals surface area contributed by atoms with E-state index in [0.717, 1.165) is 16.8 Å². The van der Waals surface area contributed by atoms with E-state index in [-0.39, 0.29) is 0 Å². The first kappa shape index (κ1) is 11.9. The second-order valence-corrected chi connectivity index (χ2v) is 4.55. The van der Waals surface area contributed by atoms with E-state index in [1.165, 1.54) is 5.56 Å². The molecule has 0 aliphatic carbocycles. The number of aliphatic hydroxyl groups excluding tert-OH is 1. The molecule has 0 aliphatic rings. The van der Waals surface area contributed by atoms with Crippen molar-refractivity contribution in [2.75, 3.05) is 0 Å². The Kier molecular flexibility index (Phi) is 3.29. The standard InChI is InChI=1S/C14H18N2O/c1-10-5-4-6-12(7-10)8-14(17)13-9-16(3)15-11(13)2/h4-7,9,14,17H,8H2,1-3H3. The summed E-state index contributed by atoms with van der Waals surface area (Å²) in [4.78, 5) is 0. The molecule has 3 heteroatoms. The fraction of sp³-hybridized carbons (Fsp3) is 0.357. The first-order valence-electron chi connectivity index (χ1n) is 5.80. The molecule has 1 N–H and O–H groups in total. The van der Waals surface area contributed by atoms with Crippen LogP contribution < -0.4 is 0 Å². The van der Waals surface area contributed by atoms with Gasteiger partial charge < -0.3 is 5.11 Å². The van der Waals surface area contributed by atoms with E-state index in [4.69, 9.17) is 0 Å². The van der Waals surface area contributed by atoms with Crippen LogP contribution in [0.2, 0.25) is 0 Å². The molecule has 2 aromatic rings. The molecule has 1 aromatic carbocycles. The lowest BCUT2D eigenvalue weighted by Crippen LogP contribution is -2.02. The molecule has 3 nitrogen and oxygen atoms in total. The second kappa shape index (κ2) is 4.72. The first-order chi connectivity index (χ1) is 8.06. The third kappa shape index (κ3) is 2.74. The summed E-state index contributed by atoms with van der Waals surface area (Å²) in [5.74, 6) is 0. The number of rotatable bonds is 3. The van der Waals surface area contributed by atoms with Gasteiger partial charge in [0.1, 0.15) is 0 Å². The van der Waals surface area contributed by atoms with Crippen molar-refractivity contribution in [3.63, 3.8) is 0 Å². The van der Waals surface area contributed by atoms with Crippen molar-refractivity contribution in [1.29, 1.82) is 0 Å². The molecular formula is C14H18N2O. The molecule has 0 saturated heterocycles. The van der Waals surface area contributed by atoms with Crippen LogP contribution in [-0.4, -0.2) is 14.9 Å². The van der Waals surface area contributed by atoms with Gasteiger partial charge in [0, 0.05) is 25.2 Å².